The number of amides is 1. The third-order valence-electron chi connectivity index (χ3n) is 5.82. The van der Waals surface area contributed by atoms with Gasteiger partial charge in [0.05, 0.1) is 5.41 Å². The summed E-state index contributed by atoms with van der Waals surface area (Å²) in [5, 5.41) is 3.12. The molecule has 138 valence electrons. The molecule has 4 nitrogen and oxygen atoms in total. The molecular weight excluding hydrogens is 317 g/mol. The molecule has 0 spiro atoms. The largest absolute Gasteiger partial charge is 0.355 e. The Morgan fingerprint density at radius 2 is 1.80 bits per heavy atom. The number of nitrogens with one attached hydrogen (secondary N) is 1. The van der Waals surface area contributed by atoms with Crippen molar-refractivity contribution in [3.05, 3.63) is 35.6 Å². The fraction of sp³-hybridized carbons (Fsp3) is 0.650. The molecule has 2 aliphatic rings. The molecule has 3 rings (SSSR count). The van der Waals surface area contributed by atoms with Gasteiger partial charge in [0.25, 0.3) is 0 Å². The summed E-state index contributed by atoms with van der Waals surface area (Å²) < 4.78 is 13.2. The van der Waals surface area contributed by atoms with Gasteiger partial charge in [-0.25, -0.2) is 4.39 Å². The maximum Gasteiger partial charge on any atom is 0.230 e. The predicted molar refractivity (Wildman–Crippen MR) is 98.1 cm³/mol. The minimum atomic E-state index is -0.425. The molecule has 0 bridgehead atoms. The van der Waals surface area contributed by atoms with Gasteiger partial charge in [0.15, 0.2) is 0 Å². The standard InChI is InChI=1S/C20H30FN3O/c1-23-13-15-24(16-14-23)12-3-2-11-22-19(25)20(9-4-10-20)17-5-7-18(21)8-6-17/h5-8H,2-4,9-16H2,1H3,(H,22,25). The molecule has 25 heavy (non-hydrogen) atoms. The fourth-order valence-electron chi connectivity index (χ4n) is 3.85. The Morgan fingerprint density at radius 3 is 2.40 bits per heavy atom. The molecule has 0 aromatic heterocycles. The number of carbonyl (C=O) groups excluding carboxylic acids is 1. The van der Waals surface area contributed by atoms with E-state index < -0.39 is 5.41 Å². The number of likely N-dealkylation sites (N-methyl/N-ethyl adjacent to an activating group) is 1. The van der Waals surface area contributed by atoms with Gasteiger partial charge in [-0.1, -0.05) is 18.6 Å². The Morgan fingerprint density at radius 1 is 1.12 bits per heavy atom. The second-order valence-corrected chi connectivity index (χ2v) is 7.55. The number of carbonyl (C=O) groups is 1. The highest BCUT2D eigenvalue weighted by Gasteiger charge is 2.45. The number of unbranched alkanes of at least 4 members (excludes halogenated alkanes) is 1. The maximum absolute atomic E-state index is 13.2. The first-order chi connectivity index (χ1) is 12.1. The molecule has 1 aliphatic carbocycles. The molecule has 0 atom stereocenters. The molecule has 1 saturated heterocycles. The molecule has 1 saturated carbocycles. The fourth-order valence-corrected chi connectivity index (χ4v) is 3.85. The second-order valence-electron chi connectivity index (χ2n) is 7.55. The first-order valence-electron chi connectivity index (χ1n) is 9.55. The molecule has 2 fully saturated rings. The van der Waals surface area contributed by atoms with Crippen LogP contribution in [0.2, 0.25) is 0 Å². The van der Waals surface area contributed by atoms with Crippen molar-refractivity contribution in [3.8, 4) is 0 Å². The first kappa shape index (κ1) is 18.3. The van der Waals surface area contributed by atoms with Crippen LogP contribution in [0.1, 0.15) is 37.7 Å². The van der Waals surface area contributed by atoms with E-state index in [1.807, 2.05) is 0 Å². The van der Waals surface area contributed by atoms with Gasteiger partial charge < -0.3 is 15.1 Å². The normalized spacial score (nSPS) is 20.9. The number of piperazine rings is 1. The van der Waals surface area contributed by atoms with Crippen molar-refractivity contribution in [3.63, 3.8) is 0 Å². The lowest BCUT2D eigenvalue weighted by atomic mass is 9.64. The van der Waals surface area contributed by atoms with Crippen molar-refractivity contribution < 1.29 is 9.18 Å². The summed E-state index contributed by atoms with van der Waals surface area (Å²) >= 11 is 0. The summed E-state index contributed by atoms with van der Waals surface area (Å²) in [5.41, 5.74) is 0.528. The van der Waals surface area contributed by atoms with Crippen LogP contribution in [0.5, 0.6) is 0 Å². The molecule has 1 aromatic rings. The van der Waals surface area contributed by atoms with Gasteiger partial charge in [-0.3, -0.25) is 4.79 Å². The monoisotopic (exact) mass is 347 g/mol. The molecule has 5 heteroatoms. The van der Waals surface area contributed by atoms with Crippen LogP contribution < -0.4 is 5.32 Å². The van der Waals surface area contributed by atoms with Crippen LogP contribution in [0.15, 0.2) is 24.3 Å². The van der Waals surface area contributed by atoms with Gasteiger partial charge in [-0.2, -0.15) is 0 Å². The SMILES string of the molecule is CN1CCN(CCCCNC(=O)C2(c3ccc(F)cc3)CCC2)CC1. The van der Waals surface area contributed by atoms with Gasteiger partial charge >= 0.3 is 0 Å². The lowest BCUT2D eigenvalue weighted by Gasteiger charge is -2.40. The summed E-state index contributed by atoms with van der Waals surface area (Å²) in [6, 6.07) is 6.44. The summed E-state index contributed by atoms with van der Waals surface area (Å²) in [4.78, 5) is 17.6. The minimum Gasteiger partial charge on any atom is -0.355 e. The van der Waals surface area contributed by atoms with Crippen LogP contribution in [0.4, 0.5) is 4.39 Å². The third kappa shape index (κ3) is 4.39. The van der Waals surface area contributed by atoms with Crippen LogP contribution in [-0.2, 0) is 10.2 Å². The third-order valence-corrected chi connectivity index (χ3v) is 5.82. The van der Waals surface area contributed by atoms with Crippen molar-refractivity contribution in [1.82, 2.24) is 15.1 Å². The van der Waals surface area contributed by atoms with Crippen LogP contribution in [0, 0.1) is 5.82 Å². The van der Waals surface area contributed by atoms with E-state index in [9.17, 15) is 9.18 Å². The van der Waals surface area contributed by atoms with E-state index in [1.54, 1.807) is 12.1 Å². The molecule has 1 heterocycles. The van der Waals surface area contributed by atoms with Crippen LogP contribution in [0.25, 0.3) is 0 Å². The van der Waals surface area contributed by atoms with Gasteiger partial charge in [-0.15, -0.1) is 0 Å². The highest BCUT2D eigenvalue weighted by molar-refractivity contribution is 5.89. The molecule has 0 unspecified atom stereocenters. The highest BCUT2D eigenvalue weighted by atomic mass is 19.1. The number of halogens is 1. The molecular formula is C20H30FN3O. The van der Waals surface area contributed by atoms with Gasteiger partial charge in [-0.05, 0) is 57.0 Å². The zero-order valence-electron chi connectivity index (χ0n) is 15.3. The van der Waals surface area contributed by atoms with Gasteiger partial charge in [0, 0.05) is 32.7 Å². The number of hydrogen-bond donors (Lipinski definition) is 1. The lowest BCUT2D eigenvalue weighted by Crippen LogP contribution is -2.49. The van der Waals surface area contributed by atoms with E-state index in [4.69, 9.17) is 0 Å². The Kier molecular flexibility index (Phi) is 6.07. The quantitative estimate of drug-likeness (QED) is 0.770. The number of hydrogen-bond acceptors (Lipinski definition) is 3. The molecule has 1 N–H and O–H groups in total. The van der Waals surface area contributed by atoms with Crippen molar-refractivity contribution in [2.24, 2.45) is 0 Å². The topological polar surface area (TPSA) is 35.6 Å². The van der Waals surface area contributed by atoms with E-state index in [-0.39, 0.29) is 11.7 Å². The Hall–Kier alpha value is -1.46. The molecule has 0 radical (unpaired) electrons. The predicted octanol–water partition coefficient (Wildman–Crippen LogP) is 2.39. The molecule has 1 aliphatic heterocycles. The zero-order valence-corrected chi connectivity index (χ0v) is 15.3. The van der Waals surface area contributed by atoms with E-state index >= 15 is 0 Å². The molecule has 1 aromatic carbocycles. The highest BCUT2D eigenvalue weighted by Crippen LogP contribution is 2.43. The summed E-state index contributed by atoms with van der Waals surface area (Å²) in [6.07, 6.45) is 4.93. The summed E-state index contributed by atoms with van der Waals surface area (Å²) in [6.45, 7) is 6.45. The van der Waals surface area contributed by atoms with Crippen molar-refractivity contribution >= 4 is 5.91 Å². The van der Waals surface area contributed by atoms with Gasteiger partial charge in [0.1, 0.15) is 5.82 Å². The van der Waals surface area contributed by atoms with E-state index in [0.29, 0.717) is 0 Å². The average Bonchev–Trinajstić information content (AvgIpc) is 2.57. The Balaban J connectivity index is 1.40. The lowest BCUT2D eigenvalue weighted by molar-refractivity contribution is -0.129. The van der Waals surface area contributed by atoms with Crippen molar-refractivity contribution in [2.75, 3.05) is 46.3 Å². The van der Waals surface area contributed by atoms with Crippen molar-refractivity contribution in [2.45, 2.75) is 37.5 Å². The Labute approximate surface area is 150 Å². The zero-order chi connectivity index (χ0) is 17.7. The number of nitrogens with zero attached hydrogens (tertiary/aromatic N) is 2. The first-order valence-corrected chi connectivity index (χ1v) is 9.55. The number of rotatable bonds is 7. The summed E-state index contributed by atoms with van der Waals surface area (Å²) in [5.74, 6) is -0.132. The molecule has 1 amide bonds. The van der Waals surface area contributed by atoms with Crippen LogP contribution in [-0.4, -0.2) is 62.0 Å². The van der Waals surface area contributed by atoms with Gasteiger partial charge in [0.2, 0.25) is 5.91 Å². The Bertz CT molecular complexity index is 563. The van der Waals surface area contributed by atoms with Crippen LogP contribution >= 0.6 is 0 Å². The van der Waals surface area contributed by atoms with E-state index in [2.05, 4.69) is 22.2 Å². The van der Waals surface area contributed by atoms with Crippen molar-refractivity contribution in [1.29, 1.82) is 0 Å². The average molecular weight is 347 g/mol. The minimum absolute atomic E-state index is 0.116. The van der Waals surface area contributed by atoms with Crippen LogP contribution in [0.3, 0.4) is 0 Å². The van der Waals surface area contributed by atoms with E-state index in [0.717, 1.165) is 76.9 Å². The second kappa shape index (κ2) is 8.28. The maximum atomic E-state index is 13.2. The summed E-state index contributed by atoms with van der Waals surface area (Å²) in [7, 11) is 2.17. The smallest absolute Gasteiger partial charge is 0.230 e. The van der Waals surface area contributed by atoms with E-state index in [1.165, 1.54) is 12.1 Å². The number of benzene rings is 1.